The maximum Gasteiger partial charge on any atom is 0.363 e. The molecular formula is C21H21NO5. The van der Waals surface area contributed by atoms with Crippen LogP contribution in [0.3, 0.4) is 0 Å². The molecule has 140 valence electrons. The molecule has 6 heteroatoms. The van der Waals surface area contributed by atoms with Crippen LogP contribution in [-0.2, 0) is 9.53 Å². The number of benzene rings is 2. The van der Waals surface area contributed by atoms with Crippen molar-refractivity contribution in [1.29, 1.82) is 0 Å². The Morgan fingerprint density at radius 1 is 1.04 bits per heavy atom. The summed E-state index contributed by atoms with van der Waals surface area (Å²) in [6.07, 6.45) is 2.56. The number of esters is 1. The highest BCUT2D eigenvalue weighted by Gasteiger charge is 2.24. The fourth-order valence-corrected chi connectivity index (χ4v) is 2.53. The quantitative estimate of drug-likeness (QED) is 0.549. The van der Waals surface area contributed by atoms with Crippen LogP contribution >= 0.6 is 0 Å². The van der Waals surface area contributed by atoms with E-state index in [9.17, 15) is 4.79 Å². The molecule has 1 aliphatic heterocycles. The Bertz CT molecular complexity index is 884. The van der Waals surface area contributed by atoms with Crippen molar-refractivity contribution in [1.82, 2.24) is 0 Å². The molecule has 0 amide bonds. The zero-order chi connectivity index (χ0) is 19.2. The molecule has 0 N–H and O–H groups in total. The van der Waals surface area contributed by atoms with Crippen LogP contribution in [0.1, 0.15) is 24.5 Å². The number of carbonyl (C=O) groups excluding carboxylic acids is 1. The summed E-state index contributed by atoms with van der Waals surface area (Å²) in [6, 6.07) is 12.6. The predicted octanol–water partition coefficient (Wildman–Crippen LogP) is 3.84. The van der Waals surface area contributed by atoms with E-state index in [1.54, 1.807) is 50.6 Å². The van der Waals surface area contributed by atoms with Gasteiger partial charge in [0, 0.05) is 5.56 Å². The number of methoxy groups -OCH3 is 2. The SMILES string of the molecule is CCCOc1ccc(/C=C2\N=C(c3ccc(OC)cc3)OC2=O)cc1OC. The molecule has 0 atom stereocenters. The number of hydrogen-bond donors (Lipinski definition) is 0. The summed E-state index contributed by atoms with van der Waals surface area (Å²) in [7, 11) is 3.17. The summed E-state index contributed by atoms with van der Waals surface area (Å²) in [6.45, 7) is 2.65. The number of hydrogen-bond acceptors (Lipinski definition) is 6. The van der Waals surface area contributed by atoms with Crippen molar-refractivity contribution < 1.29 is 23.7 Å². The van der Waals surface area contributed by atoms with E-state index in [0.29, 0.717) is 23.7 Å². The van der Waals surface area contributed by atoms with Gasteiger partial charge in [0.1, 0.15) is 5.75 Å². The topological polar surface area (TPSA) is 66.3 Å². The Morgan fingerprint density at radius 3 is 2.48 bits per heavy atom. The van der Waals surface area contributed by atoms with Gasteiger partial charge in [-0.05, 0) is 54.5 Å². The molecule has 0 unspecified atom stereocenters. The van der Waals surface area contributed by atoms with Gasteiger partial charge in [-0.3, -0.25) is 0 Å². The zero-order valence-corrected chi connectivity index (χ0v) is 15.5. The Balaban J connectivity index is 1.85. The minimum Gasteiger partial charge on any atom is -0.497 e. The number of cyclic esters (lactones) is 1. The highest BCUT2D eigenvalue weighted by Crippen LogP contribution is 2.30. The highest BCUT2D eigenvalue weighted by atomic mass is 16.6. The third kappa shape index (κ3) is 4.28. The lowest BCUT2D eigenvalue weighted by molar-refractivity contribution is -0.129. The second-order valence-electron chi connectivity index (χ2n) is 5.82. The molecule has 2 aromatic carbocycles. The molecule has 0 aromatic heterocycles. The molecule has 0 spiro atoms. The van der Waals surface area contributed by atoms with Crippen LogP contribution in [-0.4, -0.2) is 32.7 Å². The summed E-state index contributed by atoms with van der Waals surface area (Å²) in [4.78, 5) is 16.5. The Kier molecular flexibility index (Phi) is 5.76. The first-order chi connectivity index (χ1) is 13.1. The lowest BCUT2D eigenvalue weighted by Gasteiger charge is -2.10. The van der Waals surface area contributed by atoms with E-state index < -0.39 is 5.97 Å². The second kappa shape index (κ2) is 8.40. The molecule has 1 heterocycles. The van der Waals surface area contributed by atoms with Crippen molar-refractivity contribution in [3.63, 3.8) is 0 Å². The van der Waals surface area contributed by atoms with E-state index in [-0.39, 0.29) is 11.6 Å². The molecule has 2 aromatic rings. The first-order valence-corrected chi connectivity index (χ1v) is 8.62. The van der Waals surface area contributed by atoms with E-state index in [1.165, 1.54) is 0 Å². The average molecular weight is 367 g/mol. The minimum absolute atomic E-state index is 0.227. The van der Waals surface area contributed by atoms with E-state index in [2.05, 4.69) is 4.99 Å². The van der Waals surface area contributed by atoms with Gasteiger partial charge in [-0.1, -0.05) is 13.0 Å². The molecule has 0 saturated carbocycles. The van der Waals surface area contributed by atoms with Crippen LogP contribution in [0.25, 0.3) is 6.08 Å². The molecular weight excluding hydrogens is 346 g/mol. The Hall–Kier alpha value is -3.28. The molecule has 3 rings (SSSR count). The number of carbonyl (C=O) groups is 1. The minimum atomic E-state index is -0.494. The van der Waals surface area contributed by atoms with Crippen LogP contribution in [0.2, 0.25) is 0 Å². The van der Waals surface area contributed by atoms with Crippen LogP contribution in [0.15, 0.2) is 53.2 Å². The van der Waals surface area contributed by atoms with Gasteiger partial charge in [0.2, 0.25) is 5.90 Å². The van der Waals surface area contributed by atoms with Crippen LogP contribution in [0, 0.1) is 0 Å². The number of aliphatic imine (C=N–C) groups is 1. The van der Waals surface area contributed by atoms with Crippen LogP contribution in [0.5, 0.6) is 17.2 Å². The zero-order valence-electron chi connectivity index (χ0n) is 15.5. The third-order valence-corrected chi connectivity index (χ3v) is 3.91. The summed E-state index contributed by atoms with van der Waals surface area (Å²) < 4.78 is 21.4. The molecule has 0 aliphatic carbocycles. The normalized spacial score (nSPS) is 14.7. The van der Waals surface area contributed by atoms with Crippen molar-refractivity contribution in [2.75, 3.05) is 20.8 Å². The fourth-order valence-electron chi connectivity index (χ4n) is 2.53. The Morgan fingerprint density at radius 2 is 1.81 bits per heavy atom. The summed E-state index contributed by atoms with van der Waals surface area (Å²) in [5.41, 5.74) is 1.70. The van der Waals surface area contributed by atoms with E-state index in [1.807, 2.05) is 19.1 Å². The molecule has 6 nitrogen and oxygen atoms in total. The van der Waals surface area contributed by atoms with E-state index in [0.717, 1.165) is 17.7 Å². The molecule has 0 bridgehead atoms. The molecule has 0 radical (unpaired) electrons. The summed E-state index contributed by atoms with van der Waals surface area (Å²) >= 11 is 0. The molecule has 27 heavy (non-hydrogen) atoms. The van der Waals surface area contributed by atoms with Gasteiger partial charge in [0.05, 0.1) is 20.8 Å². The summed E-state index contributed by atoms with van der Waals surface area (Å²) in [5, 5.41) is 0. The maximum atomic E-state index is 12.2. The number of ether oxygens (including phenoxy) is 4. The molecule has 1 aliphatic rings. The van der Waals surface area contributed by atoms with Gasteiger partial charge >= 0.3 is 5.97 Å². The second-order valence-corrected chi connectivity index (χ2v) is 5.82. The van der Waals surface area contributed by atoms with Crippen LogP contribution < -0.4 is 14.2 Å². The van der Waals surface area contributed by atoms with Crippen molar-refractivity contribution in [3.8, 4) is 17.2 Å². The van der Waals surface area contributed by atoms with Gasteiger partial charge in [-0.2, -0.15) is 0 Å². The van der Waals surface area contributed by atoms with Crippen molar-refractivity contribution >= 4 is 17.9 Å². The van der Waals surface area contributed by atoms with Gasteiger partial charge in [-0.15, -0.1) is 0 Å². The summed E-state index contributed by atoms with van der Waals surface area (Å²) in [5.74, 6) is 1.76. The largest absolute Gasteiger partial charge is 0.497 e. The van der Waals surface area contributed by atoms with E-state index in [4.69, 9.17) is 18.9 Å². The van der Waals surface area contributed by atoms with Gasteiger partial charge in [0.25, 0.3) is 0 Å². The number of nitrogens with zero attached hydrogens (tertiary/aromatic N) is 1. The third-order valence-electron chi connectivity index (χ3n) is 3.91. The van der Waals surface area contributed by atoms with Gasteiger partial charge in [-0.25, -0.2) is 9.79 Å². The monoisotopic (exact) mass is 367 g/mol. The van der Waals surface area contributed by atoms with E-state index >= 15 is 0 Å². The predicted molar refractivity (Wildman–Crippen MR) is 102 cm³/mol. The average Bonchev–Trinajstić information content (AvgIpc) is 3.07. The smallest absolute Gasteiger partial charge is 0.363 e. The lowest BCUT2D eigenvalue weighted by atomic mass is 10.1. The molecule has 0 saturated heterocycles. The molecule has 0 fully saturated rings. The van der Waals surface area contributed by atoms with Gasteiger partial charge < -0.3 is 18.9 Å². The Labute approximate surface area is 158 Å². The van der Waals surface area contributed by atoms with Crippen molar-refractivity contribution in [2.45, 2.75) is 13.3 Å². The van der Waals surface area contributed by atoms with Crippen molar-refractivity contribution in [3.05, 3.63) is 59.3 Å². The standard InChI is InChI=1S/C21H21NO5/c1-4-11-26-18-10-5-14(13-19(18)25-3)12-17-21(23)27-20(22-17)15-6-8-16(24-2)9-7-15/h5-10,12-13H,4,11H2,1-3H3/b17-12-. The van der Waals surface area contributed by atoms with Gasteiger partial charge in [0.15, 0.2) is 17.2 Å². The fraction of sp³-hybridized carbons (Fsp3) is 0.238. The van der Waals surface area contributed by atoms with Crippen LogP contribution in [0.4, 0.5) is 0 Å². The highest BCUT2D eigenvalue weighted by molar-refractivity contribution is 6.12. The first kappa shape index (κ1) is 18.5. The van der Waals surface area contributed by atoms with Crippen molar-refractivity contribution in [2.24, 2.45) is 4.99 Å². The lowest BCUT2D eigenvalue weighted by Crippen LogP contribution is -2.05. The maximum absolute atomic E-state index is 12.2. The number of rotatable bonds is 7. The first-order valence-electron chi connectivity index (χ1n) is 8.62.